The molecule has 0 saturated carbocycles. The maximum absolute atomic E-state index is 4.05. The number of hydrogen-bond acceptors (Lipinski definition) is 1. The van der Waals surface area contributed by atoms with Gasteiger partial charge in [-0.25, -0.2) is 0 Å². The first-order valence-corrected chi connectivity index (χ1v) is 5.19. The molecule has 0 atom stereocenters. The molecule has 0 aliphatic carbocycles. The Morgan fingerprint density at radius 3 is 2.64 bits per heavy atom. The largest absolute Gasteiger partial charge is 0.267 e. The van der Waals surface area contributed by atoms with Crippen molar-refractivity contribution in [2.24, 2.45) is 7.05 Å². The molecule has 1 rings (SSSR count). The summed E-state index contributed by atoms with van der Waals surface area (Å²) in [6.45, 7) is 0. The lowest BCUT2D eigenvalue weighted by Gasteiger charge is -1.94. The van der Waals surface area contributed by atoms with E-state index in [2.05, 4.69) is 52.9 Å². The molecule has 0 spiro atoms. The van der Waals surface area contributed by atoms with E-state index < -0.39 is 0 Å². The second-order valence-corrected chi connectivity index (χ2v) is 5.56. The SMILES string of the molecule is Cn1ncc(Br)c1C=C(Br)Br. The summed E-state index contributed by atoms with van der Waals surface area (Å²) < 4.78 is 3.66. The van der Waals surface area contributed by atoms with Crippen LogP contribution < -0.4 is 0 Å². The highest BCUT2D eigenvalue weighted by Crippen LogP contribution is 2.22. The van der Waals surface area contributed by atoms with Crippen LogP contribution in [0.4, 0.5) is 0 Å². The van der Waals surface area contributed by atoms with Crippen molar-refractivity contribution in [2.45, 2.75) is 0 Å². The number of aromatic nitrogens is 2. The molecular formula is C6H5Br3N2. The van der Waals surface area contributed by atoms with Crippen LogP contribution in [0.2, 0.25) is 0 Å². The zero-order valence-corrected chi connectivity index (χ0v) is 10.4. The molecule has 0 radical (unpaired) electrons. The first-order chi connectivity index (χ1) is 5.11. The van der Waals surface area contributed by atoms with Crippen LogP contribution in [0.1, 0.15) is 5.69 Å². The van der Waals surface area contributed by atoms with Gasteiger partial charge in [0.05, 0.1) is 19.8 Å². The van der Waals surface area contributed by atoms with Crippen molar-refractivity contribution in [3.05, 3.63) is 19.8 Å². The minimum absolute atomic E-state index is 0.898. The standard InChI is InChI=1S/C6H5Br3N2/c1-11-5(2-6(8)9)4(7)3-10-11/h2-3H,1H3. The molecule has 0 aromatic carbocycles. The summed E-state index contributed by atoms with van der Waals surface area (Å²) in [5.74, 6) is 0. The zero-order chi connectivity index (χ0) is 8.43. The van der Waals surface area contributed by atoms with Gasteiger partial charge in [0.25, 0.3) is 0 Å². The summed E-state index contributed by atoms with van der Waals surface area (Å²) >= 11 is 9.94. The molecule has 1 aromatic rings. The molecule has 0 aliphatic heterocycles. The van der Waals surface area contributed by atoms with Gasteiger partial charge in [0, 0.05) is 7.05 Å². The van der Waals surface area contributed by atoms with E-state index >= 15 is 0 Å². The number of aryl methyl sites for hydroxylation is 1. The molecule has 60 valence electrons. The Morgan fingerprint density at radius 1 is 1.64 bits per heavy atom. The normalized spacial score (nSPS) is 9.82. The monoisotopic (exact) mass is 342 g/mol. The second kappa shape index (κ2) is 3.87. The topological polar surface area (TPSA) is 17.8 Å². The maximum Gasteiger partial charge on any atom is 0.0765 e. The van der Waals surface area contributed by atoms with Crippen LogP contribution in [0.25, 0.3) is 6.08 Å². The molecule has 0 aliphatic rings. The third-order valence-electron chi connectivity index (χ3n) is 1.18. The van der Waals surface area contributed by atoms with E-state index in [1.807, 2.05) is 13.1 Å². The lowest BCUT2D eigenvalue weighted by atomic mass is 10.4. The van der Waals surface area contributed by atoms with Crippen LogP contribution in [0, 0.1) is 0 Å². The third-order valence-corrected chi connectivity index (χ3v) is 2.25. The van der Waals surface area contributed by atoms with Crippen molar-refractivity contribution in [2.75, 3.05) is 0 Å². The van der Waals surface area contributed by atoms with Gasteiger partial charge in [-0.15, -0.1) is 0 Å². The zero-order valence-electron chi connectivity index (χ0n) is 5.68. The molecular weight excluding hydrogens is 340 g/mol. The van der Waals surface area contributed by atoms with E-state index in [4.69, 9.17) is 0 Å². The van der Waals surface area contributed by atoms with Gasteiger partial charge in [0.2, 0.25) is 0 Å². The van der Waals surface area contributed by atoms with Crippen LogP contribution in [-0.2, 0) is 7.05 Å². The highest BCUT2D eigenvalue weighted by molar-refractivity contribution is 9.28. The van der Waals surface area contributed by atoms with Crippen molar-refractivity contribution < 1.29 is 0 Å². The van der Waals surface area contributed by atoms with E-state index in [0.29, 0.717) is 0 Å². The molecule has 1 aromatic heterocycles. The Balaban J connectivity index is 3.11. The highest BCUT2D eigenvalue weighted by Gasteiger charge is 2.01. The van der Waals surface area contributed by atoms with Crippen molar-refractivity contribution in [3.63, 3.8) is 0 Å². The molecule has 0 saturated heterocycles. The van der Waals surface area contributed by atoms with Gasteiger partial charge >= 0.3 is 0 Å². The minimum Gasteiger partial charge on any atom is -0.267 e. The highest BCUT2D eigenvalue weighted by atomic mass is 79.9. The van der Waals surface area contributed by atoms with E-state index in [1.54, 1.807) is 10.9 Å². The van der Waals surface area contributed by atoms with Crippen LogP contribution in [0.15, 0.2) is 14.1 Å². The van der Waals surface area contributed by atoms with Gasteiger partial charge in [-0.2, -0.15) is 5.10 Å². The van der Waals surface area contributed by atoms with Gasteiger partial charge in [-0.05, 0) is 53.9 Å². The van der Waals surface area contributed by atoms with Crippen molar-refractivity contribution >= 4 is 53.9 Å². The predicted octanol–water partition coefficient (Wildman–Crippen LogP) is 3.27. The van der Waals surface area contributed by atoms with Crippen LogP contribution in [0.5, 0.6) is 0 Å². The number of nitrogens with zero attached hydrogens (tertiary/aromatic N) is 2. The first kappa shape index (κ1) is 9.48. The summed E-state index contributed by atoms with van der Waals surface area (Å²) in [6.07, 6.45) is 3.69. The number of halogens is 3. The van der Waals surface area contributed by atoms with E-state index in [-0.39, 0.29) is 0 Å². The summed E-state index contributed by atoms with van der Waals surface area (Å²) in [5.41, 5.74) is 1.02. The van der Waals surface area contributed by atoms with E-state index in [0.717, 1.165) is 13.6 Å². The number of rotatable bonds is 1. The second-order valence-electron chi connectivity index (χ2n) is 1.94. The summed E-state index contributed by atoms with van der Waals surface area (Å²) in [7, 11) is 1.89. The molecule has 11 heavy (non-hydrogen) atoms. The van der Waals surface area contributed by atoms with Crippen molar-refractivity contribution in [1.29, 1.82) is 0 Å². The van der Waals surface area contributed by atoms with Gasteiger partial charge in [0.1, 0.15) is 0 Å². The fraction of sp³-hybridized carbons (Fsp3) is 0.167. The first-order valence-electron chi connectivity index (χ1n) is 2.81. The molecule has 0 fully saturated rings. The van der Waals surface area contributed by atoms with Crippen LogP contribution in [0.3, 0.4) is 0 Å². The maximum atomic E-state index is 4.05. The Hall–Kier alpha value is 0.390. The molecule has 5 heteroatoms. The van der Waals surface area contributed by atoms with Crippen LogP contribution >= 0.6 is 47.8 Å². The van der Waals surface area contributed by atoms with E-state index in [1.165, 1.54) is 0 Å². The third kappa shape index (κ3) is 2.42. The van der Waals surface area contributed by atoms with Crippen molar-refractivity contribution in [1.82, 2.24) is 9.78 Å². The van der Waals surface area contributed by atoms with Crippen molar-refractivity contribution in [3.8, 4) is 0 Å². The van der Waals surface area contributed by atoms with Gasteiger partial charge in [-0.3, -0.25) is 4.68 Å². The molecule has 0 amide bonds. The molecule has 1 heterocycles. The molecule has 0 N–H and O–H groups in total. The molecule has 0 bridgehead atoms. The smallest absolute Gasteiger partial charge is 0.0765 e. The minimum atomic E-state index is 0.898. The van der Waals surface area contributed by atoms with Gasteiger partial charge in [0.15, 0.2) is 0 Å². The summed E-state index contributed by atoms with van der Waals surface area (Å²) in [5, 5.41) is 4.05. The van der Waals surface area contributed by atoms with Gasteiger partial charge < -0.3 is 0 Å². The molecule has 0 unspecified atom stereocenters. The van der Waals surface area contributed by atoms with Gasteiger partial charge in [-0.1, -0.05) is 0 Å². The Morgan fingerprint density at radius 2 is 2.27 bits per heavy atom. The summed E-state index contributed by atoms with van der Waals surface area (Å²) in [4.78, 5) is 0. The lowest BCUT2D eigenvalue weighted by molar-refractivity contribution is 0.759. The number of hydrogen-bond donors (Lipinski definition) is 0. The van der Waals surface area contributed by atoms with Crippen LogP contribution in [-0.4, -0.2) is 9.78 Å². The average molecular weight is 345 g/mol. The fourth-order valence-corrected chi connectivity index (χ4v) is 1.58. The Labute approximate surface area is 90.0 Å². The lowest BCUT2D eigenvalue weighted by Crippen LogP contribution is -1.92. The Bertz CT molecular complexity index is 267. The predicted molar refractivity (Wildman–Crippen MR) is 56.7 cm³/mol. The molecule has 2 nitrogen and oxygen atoms in total. The fourth-order valence-electron chi connectivity index (χ4n) is 0.686. The van der Waals surface area contributed by atoms with E-state index in [9.17, 15) is 0 Å². The average Bonchev–Trinajstić information content (AvgIpc) is 2.18. The quantitative estimate of drug-likeness (QED) is 0.764. The summed E-state index contributed by atoms with van der Waals surface area (Å²) in [6, 6.07) is 0. The Kier molecular flexibility index (Phi) is 3.33.